The molecule has 3 aromatic rings. The van der Waals surface area contributed by atoms with Crippen LogP contribution < -0.4 is 20.9 Å². The standard InChI is InChI=1S/C30H33N3O4/c1-18-14-19(2)32-29(36)24(18)17-31-28(35)23-9-7-8-22(27(23)37-3)20-10-11-25-21(15-20)16-26(34)33-30(25)12-5-4-6-13-30/h7-11,14-15H,4-6,12-13,16-17H2,1-3H3,(H,31,35)(H,32,36)(H,33,34). The summed E-state index contributed by atoms with van der Waals surface area (Å²) in [5, 5.41) is 6.16. The molecule has 0 atom stereocenters. The molecular formula is C30H33N3O4. The van der Waals surface area contributed by atoms with Crippen LogP contribution in [0.4, 0.5) is 0 Å². The fourth-order valence-corrected chi connectivity index (χ4v) is 6.00. The Labute approximate surface area is 216 Å². The van der Waals surface area contributed by atoms with Crippen LogP contribution in [0.2, 0.25) is 0 Å². The highest BCUT2D eigenvalue weighted by atomic mass is 16.5. The largest absolute Gasteiger partial charge is 0.495 e. The quantitative estimate of drug-likeness (QED) is 0.484. The highest BCUT2D eigenvalue weighted by Gasteiger charge is 2.40. The number of fused-ring (bicyclic) bond motifs is 2. The summed E-state index contributed by atoms with van der Waals surface area (Å²) in [6, 6.07) is 13.6. The molecule has 1 aliphatic heterocycles. The third kappa shape index (κ3) is 4.66. The summed E-state index contributed by atoms with van der Waals surface area (Å²) in [6.45, 7) is 3.80. The minimum atomic E-state index is -0.323. The summed E-state index contributed by atoms with van der Waals surface area (Å²) in [7, 11) is 1.55. The van der Waals surface area contributed by atoms with E-state index in [1.165, 1.54) is 12.0 Å². The number of amides is 2. The monoisotopic (exact) mass is 499 g/mol. The third-order valence-corrected chi connectivity index (χ3v) is 7.75. The summed E-state index contributed by atoms with van der Waals surface area (Å²) >= 11 is 0. The lowest BCUT2D eigenvalue weighted by Gasteiger charge is -2.42. The molecule has 1 saturated carbocycles. The molecule has 192 valence electrons. The van der Waals surface area contributed by atoms with Gasteiger partial charge in [0, 0.05) is 23.4 Å². The molecule has 2 heterocycles. The fourth-order valence-electron chi connectivity index (χ4n) is 6.00. The second-order valence-corrected chi connectivity index (χ2v) is 10.3. The number of H-pyrrole nitrogens is 1. The Bertz CT molecular complexity index is 1430. The van der Waals surface area contributed by atoms with Gasteiger partial charge in [-0.1, -0.05) is 49.6 Å². The van der Waals surface area contributed by atoms with Crippen LogP contribution >= 0.6 is 0 Å². The van der Waals surface area contributed by atoms with Gasteiger partial charge < -0.3 is 20.4 Å². The summed E-state index contributed by atoms with van der Waals surface area (Å²) < 4.78 is 5.73. The van der Waals surface area contributed by atoms with Crippen molar-refractivity contribution in [3.8, 4) is 16.9 Å². The lowest BCUT2D eigenvalue weighted by Crippen LogP contribution is -2.51. The zero-order valence-corrected chi connectivity index (χ0v) is 21.6. The number of methoxy groups -OCH3 is 1. The molecule has 0 bridgehead atoms. The lowest BCUT2D eigenvalue weighted by molar-refractivity contribution is -0.123. The van der Waals surface area contributed by atoms with E-state index < -0.39 is 0 Å². The normalized spacial score (nSPS) is 16.1. The Kier molecular flexibility index (Phi) is 6.63. The number of carbonyl (C=O) groups is 2. The van der Waals surface area contributed by atoms with Crippen LogP contribution in [-0.4, -0.2) is 23.9 Å². The van der Waals surface area contributed by atoms with Crippen molar-refractivity contribution >= 4 is 11.8 Å². The number of para-hydroxylation sites is 1. The first-order valence-electron chi connectivity index (χ1n) is 12.9. The van der Waals surface area contributed by atoms with E-state index in [0.29, 0.717) is 23.3 Å². The van der Waals surface area contributed by atoms with Gasteiger partial charge in [-0.25, -0.2) is 0 Å². The number of rotatable bonds is 5. The van der Waals surface area contributed by atoms with Crippen LogP contribution in [0.3, 0.4) is 0 Å². The molecule has 2 aliphatic rings. The molecule has 1 fully saturated rings. The van der Waals surface area contributed by atoms with E-state index in [1.54, 1.807) is 13.2 Å². The predicted octanol–water partition coefficient (Wildman–Crippen LogP) is 4.43. The number of benzene rings is 2. The molecule has 3 N–H and O–H groups in total. The van der Waals surface area contributed by atoms with Crippen molar-refractivity contribution in [3.05, 3.63) is 86.3 Å². The van der Waals surface area contributed by atoms with E-state index in [-0.39, 0.29) is 29.5 Å². The van der Waals surface area contributed by atoms with E-state index in [4.69, 9.17) is 4.74 Å². The van der Waals surface area contributed by atoms with Crippen molar-refractivity contribution < 1.29 is 14.3 Å². The molecule has 1 aliphatic carbocycles. The van der Waals surface area contributed by atoms with E-state index in [9.17, 15) is 14.4 Å². The zero-order valence-electron chi connectivity index (χ0n) is 21.6. The van der Waals surface area contributed by atoms with Gasteiger partial charge in [-0.15, -0.1) is 0 Å². The topological polar surface area (TPSA) is 100 Å². The van der Waals surface area contributed by atoms with Crippen LogP contribution in [-0.2, 0) is 23.3 Å². The molecule has 37 heavy (non-hydrogen) atoms. The molecule has 2 amide bonds. The van der Waals surface area contributed by atoms with Crippen molar-refractivity contribution in [1.82, 2.24) is 15.6 Å². The van der Waals surface area contributed by atoms with Gasteiger partial charge in [-0.2, -0.15) is 0 Å². The molecule has 0 unspecified atom stereocenters. The minimum absolute atomic E-state index is 0.0630. The predicted molar refractivity (Wildman–Crippen MR) is 143 cm³/mol. The maximum absolute atomic E-state index is 13.2. The number of nitrogens with one attached hydrogen (secondary N) is 3. The maximum Gasteiger partial charge on any atom is 0.255 e. The van der Waals surface area contributed by atoms with Crippen LogP contribution in [0.15, 0.2) is 47.3 Å². The van der Waals surface area contributed by atoms with Gasteiger partial charge in [-0.05, 0) is 61.1 Å². The van der Waals surface area contributed by atoms with Crippen molar-refractivity contribution in [1.29, 1.82) is 0 Å². The summed E-state index contributed by atoms with van der Waals surface area (Å²) in [6.07, 6.45) is 5.70. The van der Waals surface area contributed by atoms with Crippen LogP contribution in [0.1, 0.15) is 70.4 Å². The molecule has 2 aromatic carbocycles. The number of ether oxygens (including phenoxy) is 1. The molecule has 7 heteroatoms. The number of aryl methyl sites for hydroxylation is 2. The second kappa shape index (κ2) is 9.88. The smallest absolute Gasteiger partial charge is 0.255 e. The molecule has 5 rings (SSSR count). The van der Waals surface area contributed by atoms with Crippen molar-refractivity contribution in [3.63, 3.8) is 0 Å². The summed E-state index contributed by atoms with van der Waals surface area (Å²) in [4.78, 5) is 41.0. The second-order valence-electron chi connectivity index (χ2n) is 10.3. The van der Waals surface area contributed by atoms with Gasteiger partial charge in [0.15, 0.2) is 0 Å². The van der Waals surface area contributed by atoms with E-state index in [0.717, 1.165) is 53.6 Å². The first-order valence-corrected chi connectivity index (χ1v) is 12.9. The van der Waals surface area contributed by atoms with Gasteiger partial charge in [-0.3, -0.25) is 14.4 Å². The third-order valence-electron chi connectivity index (χ3n) is 7.75. The number of aromatic nitrogens is 1. The van der Waals surface area contributed by atoms with Crippen LogP contribution in [0.25, 0.3) is 11.1 Å². The highest BCUT2D eigenvalue weighted by Crippen LogP contribution is 2.43. The zero-order chi connectivity index (χ0) is 26.2. The Morgan fingerprint density at radius 3 is 2.57 bits per heavy atom. The van der Waals surface area contributed by atoms with Gasteiger partial charge in [0.2, 0.25) is 5.91 Å². The number of hydrogen-bond donors (Lipinski definition) is 3. The Balaban J connectivity index is 1.46. The SMILES string of the molecule is COc1c(C(=O)NCc2c(C)cc(C)[nH]c2=O)cccc1-c1ccc2c(c1)CC(=O)NC21CCCCC1. The average molecular weight is 500 g/mol. The van der Waals surface area contributed by atoms with Crippen molar-refractivity contribution in [2.45, 2.75) is 64.5 Å². The van der Waals surface area contributed by atoms with E-state index in [2.05, 4.69) is 33.8 Å². The van der Waals surface area contributed by atoms with Gasteiger partial charge in [0.1, 0.15) is 5.75 Å². The fraction of sp³-hybridized carbons (Fsp3) is 0.367. The molecular weight excluding hydrogens is 466 g/mol. The number of carbonyl (C=O) groups excluding carboxylic acids is 2. The molecule has 1 aromatic heterocycles. The first kappa shape index (κ1) is 24.8. The Hall–Kier alpha value is -3.87. The van der Waals surface area contributed by atoms with Gasteiger partial charge in [0.05, 0.1) is 24.6 Å². The maximum atomic E-state index is 13.2. The van der Waals surface area contributed by atoms with E-state index in [1.807, 2.05) is 32.0 Å². The van der Waals surface area contributed by atoms with Crippen LogP contribution in [0, 0.1) is 13.8 Å². The molecule has 0 saturated heterocycles. The summed E-state index contributed by atoms with van der Waals surface area (Å²) in [5.74, 6) is 0.201. The number of aromatic amines is 1. The van der Waals surface area contributed by atoms with Gasteiger partial charge >= 0.3 is 0 Å². The average Bonchev–Trinajstić information content (AvgIpc) is 2.87. The highest BCUT2D eigenvalue weighted by molar-refractivity contribution is 5.99. The molecule has 7 nitrogen and oxygen atoms in total. The van der Waals surface area contributed by atoms with Crippen molar-refractivity contribution in [2.75, 3.05) is 7.11 Å². The number of pyridine rings is 1. The number of hydrogen-bond acceptors (Lipinski definition) is 4. The van der Waals surface area contributed by atoms with Crippen molar-refractivity contribution in [2.24, 2.45) is 0 Å². The molecule has 0 radical (unpaired) electrons. The van der Waals surface area contributed by atoms with E-state index >= 15 is 0 Å². The summed E-state index contributed by atoms with van der Waals surface area (Å²) in [5.41, 5.74) is 5.99. The lowest BCUT2D eigenvalue weighted by atomic mass is 9.72. The van der Waals surface area contributed by atoms with Gasteiger partial charge in [0.25, 0.3) is 11.5 Å². The Morgan fingerprint density at radius 1 is 1.05 bits per heavy atom. The minimum Gasteiger partial charge on any atom is -0.495 e. The Morgan fingerprint density at radius 2 is 1.84 bits per heavy atom. The first-order chi connectivity index (χ1) is 17.8. The molecule has 1 spiro atoms. The van der Waals surface area contributed by atoms with Crippen LogP contribution in [0.5, 0.6) is 5.75 Å².